The molecule has 5 heteroatoms. The number of rotatable bonds is 3. The van der Waals surface area contributed by atoms with E-state index in [-0.39, 0.29) is 0 Å². The topological polar surface area (TPSA) is 32.8 Å². The Labute approximate surface area is 130 Å². The Kier molecular flexibility index (Phi) is 4.62. The Morgan fingerprint density at radius 1 is 1.38 bits per heavy atom. The van der Waals surface area contributed by atoms with Crippen LogP contribution in [0.4, 0.5) is 0 Å². The molecule has 4 nitrogen and oxygen atoms in total. The average Bonchev–Trinajstić information content (AvgIpc) is 2.89. The van der Waals surface area contributed by atoms with Crippen LogP contribution in [0.1, 0.15) is 35.3 Å². The van der Waals surface area contributed by atoms with Crippen LogP contribution in [0.5, 0.6) is 0 Å². The van der Waals surface area contributed by atoms with Gasteiger partial charge in [0.2, 0.25) is 5.91 Å². The molecule has 0 spiro atoms. The van der Waals surface area contributed by atoms with E-state index in [9.17, 15) is 4.79 Å². The molecule has 1 saturated heterocycles. The van der Waals surface area contributed by atoms with Crippen LogP contribution in [0, 0.1) is 12.8 Å². The van der Waals surface area contributed by atoms with E-state index in [1.165, 1.54) is 16.0 Å². The van der Waals surface area contributed by atoms with E-state index in [0.29, 0.717) is 18.2 Å². The molecule has 0 saturated carbocycles. The first-order valence-electron chi connectivity index (χ1n) is 7.80. The molecule has 3 rings (SSSR count). The predicted octanol–water partition coefficient (Wildman–Crippen LogP) is 2.60. The summed E-state index contributed by atoms with van der Waals surface area (Å²) < 4.78 is 0. The van der Waals surface area contributed by atoms with Crippen LogP contribution in [0.3, 0.4) is 0 Å². The highest BCUT2D eigenvalue weighted by Gasteiger charge is 2.27. The fourth-order valence-corrected chi connectivity index (χ4v) is 4.37. The van der Waals surface area contributed by atoms with Gasteiger partial charge in [-0.2, -0.15) is 5.06 Å². The number of nitrogens with zero attached hydrogens (tertiary/aromatic N) is 2. The Morgan fingerprint density at radius 2 is 2.14 bits per heavy atom. The SMILES string of the molecule is CON1CCC(CC(=O)N2CCc3scc(C)c3C2)CC1. The van der Waals surface area contributed by atoms with Gasteiger partial charge in [-0.05, 0) is 48.6 Å². The van der Waals surface area contributed by atoms with Crippen molar-refractivity contribution in [2.75, 3.05) is 26.7 Å². The second-order valence-corrected chi connectivity index (χ2v) is 7.11. The van der Waals surface area contributed by atoms with E-state index < -0.39 is 0 Å². The highest BCUT2D eigenvalue weighted by atomic mass is 32.1. The van der Waals surface area contributed by atoms with Crippen molar-refractivity contribution < 1.29 is 9.63 Å². The van der Waals surface area contributed by atoms with E-state index in [4.69, 9.17) is 4.84 Å². The van der Waals surface area contributed by atoms with Crippen LogP contribution in [0.25, 0.3) is 0 Å². The molecular formula is C16H24N2O2S. The van der Waals surface area contributed by atoms with Crippen molar-refractivity contribution in [2.24, 2.45) is 5.92 Å². The number of carbonyl (C=O) groups excluding carboxylic acids is 1. The third-order valence-corrected chi connectivity index (χ3v) is 6.00. The third kappa shape index (κ3) is 3.30. The lowest BCUT2D eigenvalue weighted by molar-refractivity contribution is -0.151. The minimum absolute atomic E-state index is 0.335. The van der Waals surface area contributed by atoms with Gasteiger partial charge < -0.3 is 9.74 Å². The van der Waals surface area contributed by atoms with Crippen molar-refractivity contribution in [3.05, 3.63) is 21.4 Å². The molecule has 0 radical (unpaired) electrons. The lowest BCUT2D eigenvalue weighted by Gasteiger charge is -2.32. The molecule has 1 fully saturated rings. The number of thiophene rings is 1. The fraction of sp³-hybridized carbons (Fsp3) is 0.688. The molecule has 0 aliphatic carbocycles. The van der Waals surface area contributed by atoms with Crippen LogP contribution >= 0.6 is 11.3 Å². The van der Waals surface area contributed by atoms with Crippen molar-refractivity contribution in [2.45, 2.75) is 39.2 Å². The molecule has 2 aliphatic heterocycles. The highest BCUT2D eigenvalue weighted by molar-refractivity contribution is 7.10. The van der Waals surface area contributed by atoms with E-state index in [0.717, 1.165) is 45.4 Å². The summed E-state index contributed by atoms with van der Waals surface area (Å²) in [5.74, 6) is 0.857. The van der Waals surface area contributed by atoms with E-state index in [1.54, 1.807) is 7.11 Å². The fourth-order valence-electron chi connectivity index (χ4n) is 3.34. The summed E-state index contributed by atoms with van der Waals surface area (Å²) in [6, 6.07) is 0. The van der Waals surface area contributed by atoms with E-state index in [2.05, 4.69) is 17.2 Å². The first-order valence-corrected chi connectivity index (χ1v) is 8.68. The van der Waals surface area contributed by atoms with Gasteiger partial charge in [0.15, 0.2) is 0 Å². The quantitative estimate of drug-likeness (QED) is 0.860. The molecule has 1 aromatic rings. The molecule has 0 atom stereocenters. The molecule has 116 valence electrons. The minimum Gasteiger partial charge on any atom is -0.338 e. The van der Waals surface area contributed by atoms with E-state index in [1.807, 2.05) is 16.4 Å². The summed E-state index contributed by atoms with van der Waals surface area (Å²) in [6.45, 7) is 5.76. The first-order chi connectivity index (χ1) is 10.2. The Morgan fingerprint density at radius 3 is 2.86 bits per heavy atom. The van der Waals surface area contributed by atoms with Crippen molar-refractivity contribution in [3.63, 3.8) is 0 Å². The van der Waals surface area contributed by atoms with Crippen LogP contribution < -0.4 is 0 Å². The summed E-state index contributed by atoms with van der Waals surface area (Å²) in [6.07, 6.45) is 3.87. The normalized spacial score (nSPS) is 20.6. The van der Waals surface area contributed by atoms with Gasteiger partial charge in [0.05, 0.1) is 7.11 Å². The average molecular weight is 308 g/mol. The lowest BCUT2D eigenvalue weighted by atomic mass is 9.93. The number of amides is 1. The molecule has 3 heterocycles. The van der Waals surface area contributed by atoms with Gasteiger partial charge in [-0.15, -0.1) is 11.3 Å². The molecule has 1 aromatic heterocycles. The zero-order chi connectivity index (χ0) is 14.8. The molecule has 1 amide bonds. The lowest BCUT2D eigenvalue weighted by Crippen LogP contribution is -2.39. The standard InChI is InChI=1S/C16H24N2O2S/c1-12-11-21-15-5-6-17(10-14(12)15)16(19)9-13-3-7-18(20-2)8-4-13/h11,13H,3-10H2,1-2H3. The zero-order valence-corrected chi connectivity index (χ0v) is 13.7. The van der Waals surface area contributed by atoms with Crippen LogP contribution in [0.2, 0.25) is 0 Å². The maximum Gasteiger partial charge on any atom is 0.223 e. The van der Waals surface area contributed by atoms with Crippen molar-refractivity contribution in [3.8, 4) is 0 Å². The molecule has 21 heavy (non-hydrogen) atoms. The van der Waals surface area contributed by atoms with Gasteiger partial charge in [0.25, 0.3) is 0 Å². The summed E-state index contributed by atoms with van der Waals surface area (Å²) in [7, 11) is 1.72. The predicted molar refractivity (Wildman–Crippen MR) is 84.1 cm³/mol. The number of hydrogen-bond donors (Lipinski definition) is 0. The van der Waals surface area contributed by atoms with Crippen LogP contribution in [-0.4, -0.2) is 42.6 Å². The van der Waals surface area contributed by atoms with Gasteiger partial charge in [-0.25, -0.2) is 0 Å². The maximum atomic E-state index is 12.5. The maximum absolute atomic E-state index is 12.5. The molecule has 2 aliphatic rings. The molecule has 0 aromatic carbocycles. The summed E-state index contributed by atoms with van der Waals surface area (Å²) in [4.78, 5) is 21.3. The van der Waals surface area contributed by atoms with Gasteiger partial charge in [-0.1, -0.05) is 0 Å². The summed E-state index contributed by atoms with van der Waals surface area (Å²) >= 11 is 1.85. The van der Waals surface area contributed by atoms with Crippen LogP contribution in [-0.2, 0) is 22.6 Å². The van der Waals surface area contributed by atoms with Gasteiger partial charge in [0.1, 0.15) is 0 Å². The van der Waals surface area contributed by atoms with E-state index >= 15 is 0 Å². The van der Waals surface area contributed by atoms with Gasteiger partial charge in [0, 0.05) is 37.5 Å². The minimum atomic E-state index is 0.335. The zero-order valence-electron chi connectivity index (χ0n) is 12.9. The summed E-state index contributed by atoms with van der Waals surface area (Å²) in [5.41, 5.74) is 2.75. The highest BCUT2D eigenvalue weighted by Crippen LogP contribution is 2.29. The smallest absolute Gasteiger partial charge is 0.223 e. The number of fused-ring (bicyclic) bond motifs is 1. The van der Waals surface area contributed by atoms with Gasteiger partial charge >= 0.3 is 0 Å². The Balaban J connectivity index is 1.54. The number of carbonyl (C=O) groups is 1. The first kappa shape index (κ1) is 15.0. The number of hydroxylamine groups is 2. The number of piperidine rings is 1. The third-order valence-electron chi connectivity index (χ3n) is 4.80. The molecular weight excluding hydrogens is 284 g/mol. The second-order valence-electron chi connectivity index (χ2n) is 6.14. The Hall–Kier alpha value is -0.910. The van der Waals surface area contributed by atoms with Crippen molar-refractivity contribution in [1.29, 1.82) is 0 Å². The molecule has 0 unspecified atom stereocenters. The van der Waals surface area contributed by atoms with Crippen molar-refractivity contribution in [1.82, 2.24) is 9.96 Å². The summed E-state index contributed by atoms with van der Waals surface area (Å²) in [5, 5.41) is 4.21. The van der Waals surface area contributed by atoms with Crippen molar-refractivity contribution >= 4 is 17.2 Å². The Bertz CT molecular complexity index is 506. The largest absolute Gasteiger partial charge is 0.338 e. The monoisotopic (exact) mass is 308 g/mol. The van der Waals surface area contributed by atoms with Gasteiger partial charge in [-0.3, -0.25) is 4.79 Å². The number of hydrogen-bond acceptors (Lipinski definition) is 4. The molecule has 0 bridgehead atoms. The van der Waals surface area contributed by atoms with Crippen LogP contribution in [0.15, 0.2) is 5.38 Å². The number of aryl methyl sites for hydroxylation is 1. The molecule has 0 N–H and O–H groups in total. The second kappa shape index (κ2) is 6.46.